The number of pyridine rings is 1. The average Bonchev–Trinajstić information content (AvgIpc) is 2.73. The number of piperidine rings is 1. The lowest BCUT2D eigenvalue weighted by Gasteiger charge is -2.32. The van der Waals surface area contributed by atoms with Gasteiger partial charge in [0.2, 0.25) is 0 Å². The Kier molecular flexibility index (Phi) is 6.68. The van der Waals surface area contributed by atoms with Gasteiger partial charge in [-0.25, -0.2) is 9.78 Å². The zero-order valence-corrected chi connectivity index (χ0v) is 16.1. The third kappa shape index (κ3) is 5.36. The van der Waals surface area contributed by atoms with Gasteiger partial charge < -0.3 is 15.5 Å². The van der Waals surface area contributed by atoms with Crippen molar-refractivity contribution >= 4 is 23.2 Å². The maximum absolute atomic E-state index is 12.0. The fraction of sp³-hybridized carbons (Fsp3) is 0.381. The van der Waals surface area contributed by atoms with Crippen molar-refractivity contribution in [2.24, 2.45) is 5.92 Å². The van der Waals surface area contributed by atoms with Crippen molar-refractivity contribution in [1.82, 2.24) is 15.6 Å². The fourth-order valence-electron chi connectivity index (χ4n) is 3.15. The Labute approximate surface area is 165 Å². The van der Waals surface area contributed by atoms with Crippen LogP contribution < -0.4 is 20.9 Å². The molecular weight excluding hydrogens is 352 g/mol. The van der Waals surface area contributed by atoms with Gasteiger partial charge in [-0.3, -0.25) is 0 Å². The standard InChI is InChI=1S/C21H25N6O/c1-16-8-13-27(14-9-16)19-6-4-18(5-7-19)26-21(28)25-12-11-24-20-17(15-22)3-2-10-23-20/h2-7,10,16H,8-9,11-14H2,1H3,(H,23,24)(H,25,28). The minimum Gasteiger partial charge on any atom is -0.372 e. The first kappa shape index (κ1) is 19.5. The van der Waals surface area contributed by atoms with Crippen LogP contribution in [-0.4, -0.2) is 37.2 Å². The predicted molar refractivity (Wildman–Crippen MR) is 110 cm³/mol. The number of carbonyl (C=O) groups excluding carboxylic acids is 1. The largest absolute Gasteiger partial charge is 0.372 e. The second-order valence-electron chi connectivity index (χ2n) is 6.97. The summed E-state index contributed by atoms with van der Waals surface area (Å²) in [6.07, 6.45) is 4.05. The van der Waals surface area contributed by atoms with Crippen molar-refractivity contribution in [3.63, 3.8) is 0 Å². The van der Waals surface area contributed by atoms with E-state index in [1.165, 1.54) is 18.5 Å². The molecule has 1 aromatic carbocycles. The molecule has 2 N–H and O–H groups in total. The van der Waals surface area contributed by atoms with Gasteiger partial charge in [0.25, 0.3) is 0 Å². The summed E-state index contributed by atoms with van der Waals surface area (Å²) in [7, 11) is 0. The van der Waals surface area contributed by atoms with Gasteiger partial charge in [0.05, 0.1) is 11.3 Å². The van der Waals surface area contributed by atoms with Crippen molar-refractivity contribution in [3.8, 4) is 6.07 Å². The van der Waals surface area contributed by atoms with E-state index in [2.05, 4.69) is 38.8 Å². The van der Waals surface area contributed by atoms with Gasteiger partial charge in [-0.2, -0.15) is 10.6 Å². The monoisotopic (exact) mass is 377 g/mol. The van der Waals surface area contributed by atoms with Crippen LogP contribution in [-0.2, 0) is 0 Å². The van der Waals surface area contributed by atoms with Crippen molar-refractivity contribution < 1.29 is 4.79 Å². The van der Waals surface area contributed by atoms with Crippen LogP contribution in [0.2, 0.25) is 0 Å². The lowest BCUT2D eigenvalue weighted by atomic mass is 9.99. The number of carbonyl (C=O) groups is 1. The molecule has 1 aliphatic rings. The van der Waals surface area contributed by atoms with E-state index in [1.807, 2.05) is 24.3 Å². The van der Waals surface area contributed by atoms with Gasteiger partial charge in [0.1, 0.15) is 11.9 Å². The Balaban J connectivity index is 1.40. The fourth-order valence-corrected chi connectivity index (χ4v) is 3.15. The van der Waals surface area contributed by atoms with Crippen LogP contribution in [0.1, 0.15) is 25.3 Å². The molecular formula is C21H25N6O. The zero-order chi connectivity index (χ0) is 19.8. The minimum absolute atomic E-state index is 0.383. The highest BCUT2D eigenvalue weighted by atomic mass is 16.2. The third-order valence-corrected chi connectivity index (χ3v) is 4.85. The molecule has 3 rings (SSSR count). The average molecular weight is 377 g/mol. The molecule has 0 atom stereocenters. The molecule has 1 radical (unpaired) electrons. The molecule has 1 aliphatic heterocycles. The number of benzene rings is 1. The van der Waals surface area contributed by atoms with Crippen LogP contribution in [0.3, 0.4) is 0 Å². The molecule has 0 unspecified atom stereocenters. The molecule has 1 aromatic heterocycles. The highest BCUT2D eigenvalue weighted by Gasteiger charge is 2.16. The minimum atomic E-state index is -0.386. The van der Waals surface area contributed by atoms with Crippen molar-refractivity contribution in [1.29, 1.82) is 5.26 Å². The Hall–Kier alpha value is -3.27. The third-order valence-electron chi connectivity index (χ3n) is 4.85. The molecule has 7 heteroatoms. The molecule has 7 nitrogen and oxygen atoms in total. The normalized spacial score (nSPS) is 14.2. The number of rotatable bonds is 6. The molecule has 0 saturated carbocycles. The number of aromatic nitrogens is 1. The van der Waals surface area contributed by atoms with Crippen LogP contribution in [0.5, 0.6) is 0 Å². The molecule has 0 bridgehead atoms. The lowest BCUT2D eigenvalue weighted by molar-refractivity contribution is 0.244. The van der Waals surface area contributed by atoms with Gasteiger partial charge in [0.15, 0.2) is 0 Å². The van der Waals surface area contributed by atoms with E-state index in [1.54, 1.807) is 18.3 Å². The summed E-state index contributed by atoms with van der Waals surface area (Å²) in [5, 5.41) is 18.9. The molecule has 1 fully saturated rings. The lowest BCUT2D eigenvalue weighted by Crippen LogP contribution is -2.33. The maximum atomic E-state index is 12.0. The molecule has 0 aliphatic carbocycles. The van der Waals surface area contributed by atoms with E-state index < -0.39 is 0 Å². The summed E-state index contributed by atoms with van der Waals surface area (Å²) >= 11 is 0. The number of amides is 2. The van der Waals surface area contributed by atoms with Crippen LogP contribution >= 0.6 is 0 Å². The molecule has 2 amide bonds. The van der Waals surface area contributed by atoms with Crippen molar-refractivity contribution in [2.45, 2.75) is 19.8 Å². The number of urea groups is 1. The number of hydrogen-bond donors (Lipinski definition) is 2. The second kappa shape index (κ2) is 9.60. The highest BCUT2D eigenvalue weighted by Crippen LogP contribution is 2.24. The van der Waals surface area contributed by atoms with Crippen LogP contribution in [0.4, 0.5) is 22.0 Å². The van der Waals surface area contributed by atoms with Crippen molar-refractivity contribution in [3.05, 3.63) is 48.2 Å². The molecule has 0 spiro atoms. The summed E-state index contributed by atoms with van der Waals surface area (Å²) in [5.74, 6) is 1.31. The van der Waals surface area contributed by atoms with Gasteiger partial charge in [-0.05, 0) is 55.2 Å². The van der Waals surface area contributed by atoms with Crippen LogP contribution in [0.15, 0.2) is 42.6 Å². The molecule has 2 heterocycles. The number of anilines is 2. The SMILES string of the molecule is CC1CCN(c2ccc([N]C(=O)NCCNc3ncccc3C#N)cc2)CC1. The quantitative estimate of drug-likeness (QED) is 0.754. The molecule has 1 saturated heterocycles. The van der Waals surface area contributed by atoms with E-state index >= 15 is 0 Å². The Morgan fingerprint density at radius 2 is 2.00 bits per heavy atom. The number of nitrogens with zero attached hydrogens (tertiary/aromatic N) is 4. The topological polar surface area (TPSA) is 95.2 Å². The number of nitrogens with one attached hydrogen (secondary N) is 2. The maximum Gasteiger partial charge on any atom is 0.341 e. The molecule has 145 valence electrons. The summed E-state index contributed by atoms with van der Waals surface area (Å²) in [6.45, 7) is 5.29. The highest BCUT2D eigenvalue weighted by molar-refractivity contribution is 5.79. The number of hydrogen-bond acceptors (Lipinski definition) is 5. The first-order chi connectivity index (χ1) is 13.7. The van der Waals surface area contributed by atoms with Crippen LogP contribution in [0.25, 0.3) is 0 Å². The van der Waals surface area contributed by atoms with E-state index in [0.717, 1.165) is 19.0 Å². The van der Waals surface area contributed by atoms with E-state index in [4.69, 9.17) is 5.26 Å². The van der Waals surface area contributed by atoms with Crippen LogP contribution in [0, 0.1) is 17.2 Å². The summed E-state index contributed by atoms with van der Waals surface area (Å²) in [6, 6.07) is 12.9. The first-order valence-corrected chi connectivity index (χ1v) is 9.59. The Morgan fingerprint density at radius 3 is 2.71 bits per heavy atom. The Bertz CT molecular complexity index is 822. The van der Waals surface area contributed by atoms with E-state index in [-0.39, 0.29) is 6.03 Å². The van der Waals surface area contributed by atoms with Gasteiger partial charge >= 0.3 is 6.03 Å². The summed E-state index contributed by atoms with van der Waals surface area (Å²) < 4.78 is 0. The Morgan fingerprint density at radius 1 is 1.25 bits per heavy atom. The second-order valence-corrected chi connectivity index (χ2v) is 6.97. The summed E-state index contributed by atoms with van der Waals surface area (Å²) in [5.41, 5.74) is 2.29. The summed E-state index contributed by atoms with van der Waals surface area (Å²) in [4.78, 5) is 18.5. The zero-order valence-electron chi connectivity index (χ0n) is 16.1. The van der Waals surface area contributed by atoms with Gasteiger partial charge in [-0.15, -0.1) is 0 Å². The first-order valence-electron chi connectivity index (χ1n) is 9.59. The van der Waals surface area contributed by atoms with Crippen molar-refractivity contribution in [2.75, 3.05) is 36.4 Å². The number of nitriles is 1. The molecule has 28 heavy (non-hydrogen) atoms. The van der Waals surface area contributed by atoms with E-state index in [0.29, 0.717) is 30.2 Å². The van der Waals surface area contributed by atoms with Gasteiger partial charge in [0, 0.05) is 38.1 Å². The predicted octanol–water partition coefficient (Wildman–Crippen LogP) is 3.25. The molecule has 2 aromatic rings. The smallest absolute Gasteiger partial charge is 0.341 e. The van der Waals surface area contributed by atoms with E-state index in [9.17, 15) is 4.79 Å². The van der Waals surface area contributed by atoms with Gasteiger partial charge in [-0.1, -0.05) is 6.92 Å².